The number of rotatable bonds is 4. The van der Waals surface area contributed by atoms with Crippen LogP contribution >= 0.6 is 15.9 Å². The minimum atomic E-state index is -1.02. The van der Waals surface area contributed by atoms with Crippen molar-refractivity contribution in [3.05, 3.63) is 63.4 Å². The van der Waals surface area contributed by atoms with Crippen LogP contribution in [0.2, 0.25) is 0 Å². The maximum Gasteiger partial charge on any atom is 0.335 e. The molecule has 5 heteroatoms. The summed E-state index contributed by atoms with van der Waals surface area (Å²) in [6.07, 6.45) is 0. The van der Waals surface area contributed by atoms with Crippen LogP contribution in [0.15, 0.2) is 40.9 Å². The van der Waals surface area contributed by atoms with Gasteiger partial charge in [-0.2, -0.15) is 0 Å². The molecule has 0 aliphatic rings. The largest absolute Gasteiger partial charge is 0.488 e. The molecule has 0 aliphatic heterocycles. The van der Waals surface area contributed by atoms with Crippen LogP contribution in [0.5, 0.6) is 5.75 Å². The quantitative estimate of drug-likeness (QED) is 0.909. The Bertz CT molecular complexity index is 656. The van der Waals surface area contributed by atoms with E-state index in [0.717, 1.165) is 5.56 Å². The monoisotopic (exact) mass is 338 g/mol. The second kappa shape index (κ2) is 6.05. The fraction of sp³-hybridized carbons (Fsp3) is 0.133. The van der Waals surface area contributed by atoms with Crippen molar-refractivity contribution in [2.24, 2.45) is 0 Å². The Hall–Kier alpha value is -1.88. The molecule has 2 aromatic carbocycles. The number of carboxylic acid groups (broad SMARTS) is 1. The molecule has 0 unspecified atom stereocenters. The van der Waals surface area contributed by atoms with Gasteiger partial charge in [0.05, 0.1) is 5.56 Å². The summed E-state index contributed by atoms with van der Waals surface area (Å²) >= 11 is 3.18. The van der Waals surface area contributed by atoms with E-state index in [1.807, 2.05) is 0 Å². The molecule has 2 rings (SSSR count). The smallest absolute Gasteiger partial charge is 0.335 e. The lowest BCUT2D eigenvalue weighted by molar-refractivity contribution is 0.0696. The van der Waals surface area contributed by atoms with Crippen LogP contribution in [0.4, 0.5) is 4.39 Å². The Morgan fingerprint density at radius 2 is 2.05 bits per heavy atom. The summed E-state index contributed by atoms with van der Waals surface area (Å²) < 4.78 is 19.8. The molecule has 0 aliphatic carbocycles. The molecule has 3 nitrogen and oxygen atoms in total. The van der Waals surface area contributed by atoms with Gasteiger partial charge in [0.2, 0.25) is 0 Å². The van der Waals surface area contributed by atoms with Crippen molar-refractivity contribution in [3.63, 3.8) is 0 Å². The summed E-state index contributed by atoms with van der Waals surface area (Å²) in [5.74, 6) is -0.955. The Balaban J connectivity index is 2.18. The van der Waals surface area contributed by atoms with Crippen molar-refractivity contribution < 1.29 is 19.0 Å². The van der Waals surface area contributed by atoms with Gasteiger partial charge in [0.1, 0.15) is 18.2 Å². The number of hydrogen-bond acceptors (Lipinski definition) is 2. The Morgan fingerprint density at radius 3 is 2.70 bits per heavy atom. The van der Waals surface area contributed by atoms with Crippen LogP contribution in [0.3, 0.4) is 0 Å². The van der Waals surface area contributed by atoms with Gasteiger partial charge in [-0.15, -0.1) is 0 Å². The maximum atomic E-state index is 13.7. The minimum Gasteiger partial charge on any atom is -0.488 e. The fourth-order valence-corrected chi connectivity index (χ4v) is 2.02. The van der Waals surface area contributed by atoms with Gasteiger partial charge < -0.3 is 9.84 Å². The predicted molar refractivity (Wildman–Crippen MR) is 76.6 cm³/mol. The Morgan fingerprint density at radius 1 is 1.30 bits per heavy atom. The third kappa shape index (κ3) is 3.36. The first kappa shape index (κ1) is 14.5. The molecule has 0 aromatic heterocycles. The number of aromatic carboxylic acids is 1. The SMILES string of the molecule is Cc1ccc(C(=O)O)cc1OCc1ccc(Br)cc1F. The van der Waals surface area contributed by atoms with Gasteiger partial charge in [-0.1, -0.05) is 28.1 Å². The molecule has 0 saturated carbocycles. The molecule has 0 atom stereocenters. The number of benzene rings is 2. The molecular formula is C15H12BrFO3. The molecule has 0 heterocycles. The summed E-state index contributed by atoms with van der Waals surface area (Å²) in [5, 5.41) is 8.94. The number of carbonyl (C=O) groups is 1. The highest BCUT2D eigenvalue weighted by Crippen LogP contribution is 2.22. The van der Waals surface area contributed by atoms with Gasteiger partial charge in [0.15, 0.2) is 0 Å². The van der Waals surface area contributed by atoms with Crippen molar-refractivity contribution in [3.8, 4) is 5.75 Å². The van der Waals surface area contributed by atoms with E-state index in [9.17, 15) is 9.18 Å². The van der Waals surface area contributed by atoms with Crippen molar-refractivity contribution in [1.82, 2.24) is 0 Å². The molecular weight excluding hydrogens is 327 g/mol. The van der Waals surface area contributed by atoms with Crippen molar-refractivity contribution >= 4 is 21.9 Å². The van der Waals surface area contributed by atoms with E-state index in [4.69, 9.17) is 9.84 Å². The molecule has 20 heavy (non-hydrogen) atoms. The highest BCUT2D eigenvalue weighted by Gasteiger charge is 2.09. The van der Waals surface area contributed by atoms with Gasteiger partial charge in [0, 0.05) is 10.0 Å². The Kier molecular flexibility index (Phi) is 4.39. The Labute approximate surface area is 124 Å². The van der Waals surface area contributed by atoms with Gasteiger partial charge in [-0.3, -0.25) is 0 Å². The fourth-order valence-electron chi connectivity index (χ4n) is 1.68. The van der Waals surface area contributed by atoms with Crippen LogP contribution in [-0.2, 0) is 6.61 Å². The predicted octanol–water partition coefficient (Wildman–Crippen LogP) is 4.17. The minimum absolute atomic E-state index is 0.0447. The second-order valence-electron chi connectivity index (χ2n) is 4.31. The van der Waals surface area contributed by atoms with Crippen molar-refractivity contribution in [2.45, 2.75) is 13.5 Å². The standard InChI is InChI=1S/C15H12BrFO3/c1-9-2-3-10(15(18)19)6-14(9)20-8-11-4-5-12(16)7-13(11)17/h2-7H,8H2,1H3,(H,18,19). The molecule has 0 fully saturated rings. The zero-order valence-electron chi connectivity index (χ0n) is 10.7. The zero-order chi connectivity index (χ0) is 14.7. The molecule has 1 N–H and O–H groups in total. The zero-order valence-corrected chi connectivity index (χ0v) is 12.3. The first-order chi connectivity index (χ1) is 9.47. The highest BCUT2D eigenvalue weighted by molar-refractivity contribution is 9.10. The molecule has 0 saturated heterocycles. The summed E-state index contributed by atoms with van der Waals surface area (Å²) in [4.78, 5) is 10.9. The van der Waals surface area contributed by atoms with Gasteiger partial charge in [-0.25, -0.2) is 9.18 Å². The van der Waals surface area contributed by atoms with E-state index in [2.05, 4.69) is 15.9 Å². The van der Waals surface area contributed by atoms with Crippen molar-refractivity contribution in [1.29, 1.82) is 0 Å². The van der Waals surface area contributed by atoms with Crippen molar-refractivity contribution in [2.75, 3.05) is 0 Å². The van der Waals surface area contributed by atoms with E-state index < -0.39 is 5.97 Å². The average molecular weight is 339 g/mol. The molecule has 104 valence electrons. The van der Waals surface area contributed by atoms with Crippen LogP contribution in [0.1, 0.15) is 21.5 Å². The number of hydrogen-bond donors (Lipinski definition) is 1. The molecule has 2 aromatic rings. The number of ether oxygens (including phenoxy) is 1. The van der Waals surface area contributed by atoms with Gasteiger partial charge in [0.25, 0.3) is 0 Å². The third-order valence-corrected chi connectivity index (χ3v) is 3.33. The van der Waals surface area contributed by atoms with Crippen LogP contribution < -0.4 is 4.74 Å². The summed E-state index contributed by atoms with van der Waals surface area (Å²) in [6, 6.07) is 9.31. The van der Waals surface area contributed by atoms with E-state index >= 15 is 0 Å². The maximum absolute atomic E-state index is 13.7. The lowest BCUT2D eigenvalue weighted by Crippen LogP contribution is -2.02. The van der Waals surface area contributed by atoms with Crippen LogP contribution in [0, 0.1) is 12.7 Å². The number of halogens is 2. The number of carboxylic acids is 1. The summed E-state index contributed by atoms with van der Waals surface area (Å²) in [6.45, 7) is 1.85. The lowest BCUT2D eigenvalue weighted by Gasteiger charge is -2.10. The molecule has 0 amide bonds. The van der Waals surface area contributed by atoms with Gasteiger partial charge in [-0.05, 0) is 36.8 Å². The summed E-state index contributed by atoms with van der Waals surface area (Å²) in [7, 11) is 0. The van der Waals surface area contributed by atoms with Crippen LogP contribution in [-0.4, -0.2) is 11.1 Å². The normalized spacial score (nSPS) is 10.3. The lowest BCUT2D eigenvalue weighted by atomic mass is 10.1. The third-order valence-electron chi connectivity index (χ3n) is 2.83. The van der Waals surface area contributed by atoms with E-state index in [-0.39, 0.29) is 18.0 Å². The number of aryl methyl sites for hydroxylation is 1. The van der Waals surface area contributed by atoms with E-state index in [0.29, 0.717) is 15.8 Å². The highest BCUT2D eigenvalue weighted by atomic mass is 79.9. The van der Waals surface area contributed by atoms with E-state index in [1.165, 1.54) is 18.2 Å². The topological polar surface area (TPSA) is 46.5 Å². The molecule has 0 bridgehead atoms. The molecule has 0 radical (unpaired) electrons. The average Bonchev–Trinajstić information content (AvgIpc) is 2.39. The molecule has 0 spiro atoms. The van der Waals surface area contributed by atoms with Crippen LogP contribution in [0.25, 0.3) is 0 Å². The van der Waals surface area contributed by atoms with Gasteiger partial charge >= 0.3 is 5.97 Å². The first-order valence-corrected chi connectivity index (χ1v) is 6.67. The first-order valence-electron chi connectivity index (χ1n) is 5.88. The van der Waals surface area contributed by atoms with E-state index in [1.54, 1.807) is 25.1 Å². The summed E-state index contributed by atoms with van der Waals surface area (Å²) in [5.41, 5.74) is 1.35. The second-order valence-corrected chi connectivity index (χ2v) is 5.23.